The highest BCUT2D eigenvalue weighted by Crippen LogP contribution is 2.41. The van der Waals surface area contributed by atoms with Crippen LogP contribution < -0.4 is 16.1 Å². The van der Waals surface area contributed by atoms with Gasteiger partial charge >= 0.3 is 5.63 Å². The molecule has 3 heterocycles. The van der Waals surface area contributed by atoms with Crippen LogP contribution in [0.3, 0.4) is 0 Å². The molecule has 1 aliphatic rings. The maximum absolute atomic E-state index is 12.2. The minimum atomic E-state index is -0.748. The lowest BCUT2D eigenvalue weighted by atomic mass is 9.88. The Kier molecular flexibility index (Phi) is 3.11. The topological polar surface area (TPSA) is 102 Å². The van der Waals surface area contributed by atoms with Gasteiger partial charge in [0.25, 0.3) is 0 Å². The van der Waals surface area contributed by atoms with Gasteiger partial charge in [-0.1, -0.05) is 0 Å². The zero-order valence-corrected chi connectivity index (χ0v) is 12.4. The predicted octanol–water partition coefficient (Wildman–Crippen LogP) is 2.52. The average Bonchev–Trinajstić information content (AvgIpc) is 2.83. The molecule has 7 heteroatoms. The van der Waals surface area contributed by atoms with Crippen molar-refractivity contribution < 1.29 is 13.6 Å². The molecule has 0 unspecified atom stereocenters. The van der Waals surface area contributed by atoms with Crippen LogP contribution in [0.15, 0.2) is 48.0 Å². The lowest BCUT2D eigenvalue weighted by Crippen LogP contribution is -2.26. The zero-order valence-electron chi connectivity index (χ0n) is 10.8. The number of aryl methyl sites for hydroxylation is 1. The predicted molar refractivity (Wildman–Crippen MR) is 75.4 cm³/mol. The fourth-order valence-corrected chi connectivity index (χ4v) is 2.60. The molecular formula is C14H9BrN2O4. The molecule has 21 heavy (non-hydrogen) atoms. The van der Waals surface area contributed by atoms with Gasteiger partial charge in [0.2, 0.25) is 5.88 Å². The van der Waals surface area contributed by atoms with Gasteiger partial charge in [-0.25, -0.2) is 4.79 Å². The summed E-state index contributed by atoms with van der Waals surface area (Å²) in [6.45, 7) is 1.63. The number of nitriles is 1. The van der Waals surface area contributed by atoms with Crippen LogP contribution >= 0.6 is 15.9 Å². The Morgan fingerprint density at radius 1 is 1.38 bits per heavy atom. The highest BCUT2D eigenvalue weighted by atomic mass is 79.9. The molecule has 0 saturated heterocycles. The molecule has 3 rings (SSSR count). The third kappa shape index (κ3) is 2.14. The highest BCUT2D eigenvalue weighted by molar-refractivity contribution is 9.10. The summed E-state index contributed by atoms with van der Waals surface area (Å²) in [4.78, 5) is 12.2. The number of hydrogen-bond acceptors (Lipinski definition) is 6. The van der Waals surface area contributed by atoms with E-state index in [4.69, 9.17) is 19.3 Å². The van der Waals surface area contributed by atoms with Crippen molar-refractivity contribution >= 4 is 15.9 Å². The molecule has 106 valence electrons. The molecule has 0 amide bonds. The standard InChI is InChI=1S/C14H9BrN2O4/c1-6-4-9-12(14(18)19-6)11(7(5-16)13(17)21-9)8-2-3-10(15)20-8/h2-4,11H,17H2,1H3/t11-/m1/s1. The molecule has 2 aromatic heterocycles. The van der Waals surface area contributed by atoms with Gasteiger partial charge in [0, 0.05) is 6.07 Å². The van der Waals surface area contributed by atoms with E-state index in [1.54, 1.807) is 25.1 Å². The van der Waals surface area contributed by atoms with E-state index in [0.717, 1.165) is 0 Å². The van der Waals surface area contributed by atoms with E-state index >= 15 is 0 Å². The van der Waals surface area contributed by atoms with Crippen molar-refractivity contribution in [1.29, 1.82) is 5.26 Å². The molecule has 0 fully saturated rings. The Bertz CT molecular complexity index is 857. The molecule has 0 bridgehead atoms. The van der Waals surface area contributed by atoms with Crippen LogP contribution in [-0.4, -0.2) is 0 Å². The summed E-state index contributed by atoms with van der Waals surface area (Å²) in [7, 11) is 0. The molecule has 2 aromatic rings. The van der Waals surface area contributed by atoms with Crippen molar-refractivity contribution in [1.82, 2.24) is 0 Å². The first-order valence-corrected chi connectivity index (χ1v) is 6.78. The lowest BCUT2D eigenvalue weighted by Gasteiger charge is -2.23. The van der Waals surface area contributed by atoms with Crippen LogP contribution in [0.1, 0.15) is 23.0 Å². The van der Waals surface area contributed by atoms with E-state index in [0.29, 0.717) is 16.2 Å². The number of hydrogen-bond donors (Lipinski definition) is 1. The van der Waals surface area contributed by atoms with Gasteiger partial charge < -0.3 is 19.3 Å². The maximum Gasteiger partial charge on any atom is 0.344 e. The van der Waals surface area contributed by atoms with E-state index in [1.807, 2.05) is 6.07 Å². The number of nitrogens with zero attached hydrogens (tertiary/aromatic N) is 1. The van der Waals surface area contributed by atoms with Gasteiger partial charge in [0.15, 0.2) is 4.67 Å². The number of rotatable bonds is 1. The van der Waals surface area contributed by atoms with Crippen LogP contribution in [-0.2, 0) is 0 Å². The summed E-state index contributed by atoms with van der Waals surface area (Å²) >= 11 is 3.20. The number of fused-ring (bicyclic) bond motifs is 1. The fraction of sp³-hybridized carbons (Fsp3) is 0.143. The van der Waals surface area contributed by atoms with Gasteiger partial charge in [0.05, 0.1) is 11.5 Å². The van der Waals surface area contributed by atoms with Crippen molar-refractivity contribution in [3.63, 3.8) is 0 Å². The minimum absolute atomic E-state index is 0.0486. The van der Waals surface area contributed by atoms with E-state index in [2.05, 4.69) is 15.9 Å². The highest BCUT2D eigenvalue weighted by Gasteiger charge is 2.36. The average molecular weight is 349 g/mol. The number of ether oxygens (including phenoxy) is 1. The Labute approximate surface area is 127 Å². The van der Waals surface area contributed by atoms with Crippen molar-refractivity contribution in [3.05, 3.63) is 61.8 Å². The Morgan fingerprint density at radius 3 is 2.76 bits per heavy atom. The summed E-state index contributed by atoms with van der Waals surface area (Å²) in [6, 6.07) is 6.86. The summed E-state index contributed by atoms with van der Waals surface area (Å²) in [6.07, 6.45) is 0. The summed E-state index contributed by atoms with van der Waals surface area (Å²) < 4.78 is 16.4. The third-order valence-corrected chi connectivity index (χ3v) is 3.56. The van der Waals surface area contributed by atoms with Gasteiger partial charge in [-0.15, -0.1) is 0 Å². The molecule has 0 radical (unpaired) electrons. The van der Waals surface area contributed by atoms with E-state index in [1.165, 1.54) is 0 Å². The molecule has 2 N–H and O–H groups in total. The maximum atomic E-state index is 12.2. The SMILES string of the molecule is Cc1cc2c(c(=O)o1)[C@@H](c1ccc(Br)o1)C(C#N)=C(N)O2. The zero-order chi connectivity index (χ0) is 15.1. The van der Waals surface area contributed by atoms with Crippen molar-refractivity contribution in [2.24, 2.45) is 5.73 Å². The second-order valence-electron chi connectivity index (χ2n) is 4.49. The van der Waals surface area contributed by atoms with Gasteiger partial charge in [-0.05, 0) is 35.0 Å². The van der Waals surface area contributed by atoms with E-state index < -0.39 is 11.5 Å². The third-order valence-electron chi connectivity index (χ3n) is 3.14. The van der Waals surface area contributed by atoms with Crippen LogP contribution in [0.5, 0.6) is 5.75 Å². The Morgan fingerprint density at radius 2 is 2.14 bits per heavy atom. The summed E-state index contributed by atoms with van der Waals surface area (Å²) in [5.41, 5.74) is 5.52. The molecular weight excluding hydrogens is 340 g/mol. The normalized spacial score (nSPS) is 17.1. The molecule has 0 saturated carbocycles. The first-order chi connectivity index (χ1) is 10.0. The van der Waals surface area contributed by atoms with Crippen LogP contribution in [0.4, 0.5) is 0 Å². The van der Waals surface area contributed by atoms with Crippen molar-refractivity contribution in [3.8, 4) is 11.8 Å². The van der Waals surface area contributed by atoms with Crippen LogP contribution in [0.25, 0.3) is 0 Å². The summed E-state index contributed by atoms with van der Waals surface area (Å²) in [5.74, 6) is 0.278. The molecule has 6 nitrogen and oxygen atoms in total. The van der Waals surface area contributed by atoms with Crippen LogP contribution in [0, 0.1) is 18.3 Å². The first-order valence-electron chi connectivity index (χ1n) is 5.98. The number of allylic oxidation sites excluding steroid dienone is 1. The van der Waals surface area contributed by atoms with Crippen molar-refractivity contribution in [2.45, 2.75) is 12.8 Å². The number of halogens is 1. The van der Waals surface area contributed by atoms with Crippen LogP contribution in [0.2, 0.25) is 0 Å². The van der Waals surface area contributed by atoms with Gasteiger partial charge in [-0.2, -0.15) is 5.26 Å². The summed E-state index contributed by atoms with van der Waals surface area (Å²) in [5, 5.41) is 9.32. The Hall–Kier alpha value is -2.46. The molecule has 0 spiro atoms. The van der Waals surface area contributed by atoms with Gasteiger partial charge in [-0.3, -0.25) is 0 Å². The number of furan rings is 1. The lowest BCUT2D eigenvalue weighted by molar-refractivity contribution is 0.361. The fourth-order valence-electron chi connectivity index (χ4n) is 2.29. The monoisotopic (exact) mass is 348 g/mol. The molecule has 0 aliphatic carbocycles. The van der Waals surface area contributed by atoms with E-state index in [-0.39, 0.29) is 22.8 Å². The first kappa shape index (κ1) is 13.5. The molecule has 1 aliphatic heterocycles. The quantitative estimate of drug-likeness (QED) is 0.849. The van der Waals surface area contributed by atoms with Crippen molar-refractivity contribution in [2.75, 3.05) is 0 Å². The van der Waals surface area contributed by atoms with Gasteiger partial charge in [0.1, 0.15) is 28.9 Å². The smallest absolute Gasteiger partial charge is 0.344 e. The Balaban J connectivity index is 2.31. The minimum Gasteiger partial charge on any atom is -0.453 e. The van der Waals surface area contributed by atoms with E-state index in [9.17, 15) is 10.1 Å². The largest absolute Gasteiger partial charge is 0.453 e. The second-order valence-corrected chi connectivity index (χ2v) is 5.27. The number of nitrogens with two attached hydrogens (primary N) is 1. The molecule has 1 atom stereocenters. The second kappa shape index (κ2) is 4.82. The molecule has 0 aromatic carbocycles.